The molecule has 0 spiro atoms. The van der Waals surface area contributed by atoms with Crippen molar-refractivity contribution in [3.05, 3.63) is 90.0 Å². The fraction of sp³-hybridized carbons (Fsp3) is 0.208. The van der Waals surface area contributed by atoms with Crippen LogP contribution in [-0.4, -0.2) is 10.1 Å². The lowest BCUT2D eigenvalue weighted by Gasteiger charge is -2.27. The first kappa shape index (κ1) is 17.5. The van der Waals surface area contributed by atoms with Crippen molar-refractivity contribution in [1.29, 1.82) is 0 Å². The number of hydrogen-bond donors (Lipinski definition) is 1. The molecule has 4 aromatic rings. The highest BCUT2D eigenvalue weighted by molar-refractivity contribution is 5.95. The van der Waals surface area contributed by atoms with E-state index in [0.717, 1.165) is 39.7 Å². The Morgan fingerprint density at radius 1 is 1.00 bits per heavy atom. The molecule has 0 saturated heterocycles. The van der Waals surface area contributed by atoms with Gasteiger partial charge in [0.05, 0.1) is 11.8 Å². The molecule has 0 bridgehead atoms. The molecule has 136 valence electrons. The number of fused-ring (bicyclic) bond motifs is 1. The maximum atomic E-state index is 11.5. The Bertz CT molecular complexity index is 1050. The molecule has 2 aromatic heterocycles. The number of aliphatic hydroxyl groups is 1. The van der Waals surface area contributed by atoms with Crippen molar-refractivity contribution in [2.24, 2.45) is 0 Å². The zero-order valence-corrected chi connectivity index (χ0v) is 15.6. The second-order valence-electron chi connectivity index (χ2n) is 7.00. The minimum Gasteiger partial charge on any atom is -0.466 e. The van der Waals surface area contributed by atoms with E-state index < -0.39 is 5.60 Å². The molecule has 0 aliphatic heterocycles. The second-order valence-corrected chi connectivity index (χ2v) is 7.00. The summed E-state index contributed by atoms with van der Waals surface area (Å²) >= 11 is 0. The van der Waals surface area contributed by atoms with Crippen LogP contribution in [0.25, 0.3) is 22.0 Å². The van der Waals surface area contributed by atoms with Crippen LogP contribution >= 0.6 is 0 Å². The number of rotatable bonds is 5. The topological polar surface area (TPSA) is 46.3 Å². The number of benzene rings is 2. The SMILES string of the molecule is CCCC(O)(c1ccc2nc(C)cc(-c3ccccc3)c2c1)c1ccco1. The van der Waals surface area contributed by atoms with E-state index >= 15 is 0 Å². The molecule has 1 N–H and O–H groups in total. The monoisotopic (exact) mass is 357 g/mol. The van der Waals surface area contributed by atoms with Gasteiger partial charge in [-0.15, -0.1) is 0 Å². The van der Waals surface area contributed by atoms with Gasteiger partial charge in [-0.1, -0.05) is 49.7 Å². The molecule has 0 aliphatic rings. The molecule has 1 unspecified atom stereocenters. The van der Waals surface area contributed by atoms with E-state index in [4.69, 9.17) is 4.42 Å². The quantitative estimate of drug-likeness (QED) is 0.488. The zero-order valence-electron chi connectivity index (χ0n) is 15.6. The van der Waals surface area contributed by atoms with Crippen LogP contribution in [0.5, 0.6) is 0 Å². The maximum absolute atomic E-state index is 11.5. The largest absolute Gasteiger partial charge is 0.466 e. The normalized spacial score (nSPS) is 13.6. The molecule has 0 radical (unpaired) electrons. The molecule has 0 aliphatic carbocycles. The van der Waals surface area contributed by atoms with Crippen molar-refractivity contribution in [1.82, 2.24) is 4.98 Å². The van der Waals surface area contributed by atoms with Gasteiger partial charge in [0, 0.05) is 11.1 Å². The van der Waals surface area contributed by atoms with Crippen molar-refractivity contribution in [2.75, 3.05) is 0 Å². The van der Waals surface area contributed by atoms with E-state index in [9.17, 15) is 5.11 Å². The number of nitrogens with zero attached hydrogens (tertiary/aromatic N) is 1. The third-order valence-corrected chi connectivity index (χ3v) is 5.04. The summed E-state index contributed by atoms with van der Waals surface area (Å²) in [4.78, 5) is 4.69. The molecule has 1 atom stereocenters. The van der Waals surface area contributed by atoms with E-state index in [2.05, 4.69) is 36.2 Å². The van der Waals surface area contributed by atoms with Gasteiger partial charge in [-0.2, -0.15) is 0 Å². The van der Waals surface area contributed by atoms with E-state index in [1.165, 1.54) is 0 Å². The Morgan fingerprint density at radius 3 is 2.52 bits per heavy atom. The summed E-state index contributed by atoms with van der Waals surface area (Å²) in [5.74, 6) is 0.574. The number of furan rings is 1. The lowest BCUT2D eigenvalue weighted by atomic mass is 9.85. The highest BCUT2D eigenvalue weighted by Gasteiger charge is 2.33. The lowest BCUT2D eigenvalue weighted by Crippen LogP contribution is -2.26. The Kier molecular flexibility index (Phi) is 4.54. The molecular weight excluding hydrogens is 334 g/mol. The first-order valence-electron chi connectivity index (χ1n) is 9.35. The van der Waals surface area contributed by atoms with Crippen molar-refractivity contribution < 1.29 is 9.52 Å². The highest BCUT2D eigenvalue weighted by Crippen LogP contribution is 2.37. The third-order valence-electron chi connectivity index (χ3n) is 5.04. The van der Waals surface area contributed by atoms with Gasteiger partial charge >= 0.3 is 0 Å². The van der Waals surface area contributed by atoms with Crippen molar-refractivity contribution in [2.45, 2.75) is 32.3 Å². The highest BCUT2D eigenvalue weighted by atomic mass is 16.4. The predicted molar refractivity (Wildman–Crippen MR) is 109 cm³/mol. The van der Waals surface area contributed by atoms with E-state index in [-0.39, 0.29) is 0 Å². The summed E-state index contributed by atoms with van der Waals surface area (Å²) in [5, 5.41) is 12.5. The smallest absolute Gasteiger partial charge is 0.147 e. The van der Waals surface area contributed by atoms with Crippen molar-refractivity contribution >= 4 is 10.9 Å². The van der Waals surface area contributed by atoms with E-state index in [0.29, 0.717) is 12.2 Å². The lowest BCUT2D eigenvalue weighted by molar-refractivity contribution is 0.0470. The van der Waals surface area contributed by atoms with Gasteiger partial charge in [-0.05, 0) is 60.4 Å². The standard InChI is InChI=1S/C24H23NO2/c1-3-13-24(26,23-10-7-14-27-23)19-11-12-22-21(16-19)20(15-17(2)25-22)18-8-5-4-6-9-18/h4-12,14-16,26H,3,13H2,1-2H3. The van der Waals surface area contributed by atoms with E-state index in [1.807, 2.05) is 49.4 Å². The van der Waals surface area contributed by atoms with E-state index in [1.54, 1.807) is 6.26 Å². The molecule has 3 nitrogen and oxygen atoms in total. The summed E-state index contributed by atoms with van der Waals surface area (Å²) in [7, 11) is 0. The molecule has 4 rings (SSSR count). The van der Waals surface area contributed by atoms with Crippen molar-refractivity contribution in [3.8, 4) is 11.1 Å². The minimum atomic E-state index is -1.15. The van der Waals surface area contributed by atoms with Crippen LogP contribution in [0.3, 0.4) is 0 Å². The van der Waals surface area contributed by atoms with Gasteiger partial charge in [0.25, 0.3) is 0 Å². The van der Waals surface area contributed by atoms with Crippen LogP contribution in [0.2, 0.25) is 0 Å². The number of aromatic nitrogens is 1. The zero-order chi connectivity index (χ0) is 18.9. The average Bonchev–Trinajstić information content (AvgIpc) is 3.23. The third kappa shape index (κ3) is 3.15. The fourth-order valence-corrected chi connectivity index (χ4v) is 3.76. The summed E-state index contributed by atoms with van der Waals surface area (Å²) in [6.07, 6.45) is 3.04. The first-order chi connectivity index (χ1) is 13.1. The molecule has 0 amide bonds. The van der Waals surface area contributed by atoms with Gasteiger partial charge in [0.15, 0.2) is 0 Å². The predicted octanol–water partition coefficient (Wildman–Crippen LogP) is 5.84. The maximum Gasteiger partial charge on any atom is 0.147 e. The van der Waals surface area contributed by atoms with Crippen LogP contribution in [0.1, 0.15) is 36.8 Å². The average molecular weight is 357 g/mol. The molecule has 2 aromatic carbocycles. The molecule has 0 saturated carbocycles. The van der Waals surface area contributed by atoms with Crippen LogP contribution in [0.4, 0.5) is 0 Å². The van der Waals surface area contributed by atoms with Gasteiger partial charge in [0.2, 0.25) is 0 Å². The first-order valence-corrected chi connectivity index (χ1v) is 9.35. The number of hydrogen-bond acceptors (Lipinski definition) is 3. The second kappa shape index (κ2) is 7.01. The number of aryl methyl sites for hydroxylation is 1. The van der Waals surface area contributed by atoms with Gasteiger partial charge in [-0.3, -0.25) is 4.98 Å². The molecule has 2 heterocycles. The molecule has 27 heavy (non-hydrogen) atoms. The van der Waals surface area contributed by atoms with Crippen LogP contribution < -0.4 is 0 Å². The van der Waals surface area contributed by atoms with Crippen molar-refractivity contribution in [3.63, 3.8) is 0 Å². The van der Waals surface area contributed by atoms with Crippen LogP contribution in [0.15, 0.2) is 77.4 Å². The Hall–Kier alpha value is -2.91. The van der Waals surface area contributed by atoms with Gasteiger partial charge < -0.3 is 9.52 Å². The Balaban J connectivity index is 1.95. The van der Waals surface area contributed by atoms with Crippen LogP contribution in [-0.2, 0) is 5.60 Å². The minimum absolute atomic E-state index is 0.574. The summed E-state index contributed by atoms with van der Waals surface area (Å²) < 4.78 is 5.59. The molecule has 0 fully saturated rings. The van der Waals surface area contributed by atoms with Crippen LogP contribution in [0, 0.1) is 6.92 Å². The van der Waals surface area contributed by atoms with Gasteiger partial charge in [0.1, 0.15) is 11.4 Å². The molecule has 3 heteroatoms. The number of pyridine rings is 1. The summed E-state index contributed by atoms with van der Waals surface area (Å²) in [6, 6.07) is 22.1. The Labute approximate surface area is 159 Å². The Morgan fingerprint density at radius 2 is 1.81 bits per heavy atom. The molecular formula is C24H23NO2. The van der Waals surface area contributed by atoms with Gasteiger partial charge in [-0.25, -0.2) is 0 Å². The summed E-state index contributed by atoms with van der Waals surface area (Å²) in [5.41, 5.74) is 3.85. The fourth-order valence-electron chi connectivity index (χ4n) is 3.76. The summed E-state index contributed by atoms with van der Waals surface area (Å²) in [6.45, 7) is 4.07.